The lowest BCUT2D eigenvalue weighted by molar-refractivity contribution is -0.145. The number of likely N-dealkylation sites (tertiary alicyclic amines) is 1. The minimum absolute atomic E-state index is 0.0220. The summed E-state index contributed by atoms with van der Waals surface area (Å²) < 4.78 is 49.9. The summed E-state index contributed by atoms with van der Waals surface area (Å²) in [6.45, 7) is 1.74. The highest BCUT2D eigenvalue weighted by Gasteiger charge is 2.43. The molecule has 13 heteroatoms. The molecule has 2 fully saturated rings. The second-order valence-corrected chi connectivity index (χ2v) is 11.1. The van der Waals surface area contributed by atoms with Crippen LogP contribution in [0.1, 0.15) is 28.9 Å². The Balaban J connectivity index is 1.37. The number of sulfonamides is 1. The number of nitrogens with one attached hydrogen (secondary N) is 3. The maximum Gasteiger partial charge on any atom is 0.311 e. The molecule has 2 aliphatic heterocycles. The molecule has 1 aliphatic carbocycles. The van der Waals surface area contributed by atoms with Crippen molar-refractivity contribution in [2.75, 3.05) is 25.0 Å². The highest BCUT2D eigenvalue weighted by Crippen LogP contribution is 2.35. The maximum absolute atomic E-state index is 13.6. The number of rotatable bonds is 3. The molecule has 0 radical (unpaired) electrons. The van der Waals surface area contributed by atoms with Crippen LogP contribution in [0.4, 0.5) is 10.1 Å². The van der Waals surface area contributed by atoms with Gasteiger partial charge in [-0.3, -0.25) is 14.4 Å². The Kier molecular flexibility index (Phi) is 5.99. The van der Waals surface area contributed by atoms with E-state index in [4.69, 9.17) is 4.74 Å². The third kappa shape index (κ3) is 4.55. The predicted octanol–water partition coefficient (Wildman–Crippen LogP) is 0.501. The van der Waals surface area contributed by atoms with Gasteiger partial charge in [0.25, 0.3) is 5.91 Å². The molecule has 11 nitrogen and oxygen atoms in total. The van der Waals surface area contributed by atoms with Gasteiger partial charge >= 0.3 is 11.8 Å². The molecule has 1 aromatic heterocycles. The summed E-state index contributed by atoms with van der Waals surface area (Å²) in [6.07, 6.45) is 2.96. The van der Waals surface area contributed by atoms with Gasteiger partial charge in [-0.05, 0) is 43.5 Å². The zero-order chi connectivity index (χ0) is 25.8. The fourth-order valence-electron chi connectivity index (χ4n) is 4.49. The number of hydrogen-bond acceptors (Lipinski definition) is 6. The molecule has 2 aromatic rings. The Morgan fingerprint density at radius 1 is 1.19 bits per heavy atom. The first kappa shape index (κ1) is 24.3. The molecule has 3 N–H and O–H groups in total. The Bertz CT molecular complexity index is 1370. The Morgan fingerprint density at radius 2 is 1.94 bits per heavy atom. The largest absolute Gasteiger partial charge is 0.489 e. The molecule has 5 rings (SSSR count). The van der Waals surface area contributed by atoms with Gasteiger partial charge in [0.2, 0.25) is 10.0 Å². The number of hydrogen-bond donors (Lipinski definition) is 3. The summed E-state index contributed by atoms with van der Waals surface area (Å²) >= 11 is 0. The van der Waals surface area contributed by atoms with Gasteiger partial charge < -0.3 is 24.8 Å². The van der Waals surface area contributed by atoms with Crippen LogP contribution in [0.15, 0.2) is 29.3 Å². The maximum atomic E-state index is 13.6. The topological polar surface area (TPSA) is 139 Å². The molecule has 0 spiro atoms. The van der Waals surface area contributed by atoms with E-state index in [0.717, 1.165) is 12.8 Å². The molecule has 3 heterocycles. The normalized spacial score (nSPS) is 22.5. The van der Waals surface area contributed by atoms with Crippen molar-refractivity contribution in [3.05, 3.63) is 41.5 Å². The van der Waals surface area contributed by atoms with E-state index in [0.29, 0.717) is 11.3 Å². The number of ether oxygens (including phenoxy) is 1. The zero-order valence-electron chi connectivity index (χ0n) is 19.7. The van der Waals surface area contributed by atoms with Crippen LogP contribution in [0.5, 0.6) is 5.75 Å². The first-order valence-electron chi connectivity index (χ1n) is 11.5. The van der Waals surface area contributed by atoms with Gasteiger partial charge in [0.1, 0.15) is 10.7 Å². The number of halogens is 1. The van der Waals surface area contributed by atoms with E-state index in [1.807, 2.05) is 0 Å². The van der Waals surface area contributed by atoms with Crippen LogP contribution in [0.3, 0.4) is 0 Å². The van der Waals surface area contributed by atoms with Gasteiger partial charge in [0, 0.05) is 50.0 Å². The van der Waals surface area contributed by atoms with Crippen LogP contribution in [0.25, 0.3) is 0 Å². The minimum atomic E-state index is -4.12. The van der Waals surface area contributed by atoms with Crippen molar-refractivity contribution >= 4 is 33.4 Å². The number of carbonyl (C=O) groups excluding carboxylic acids is 3. The zero-order valence-corrected chi connectivity index (χ0v) is 20.5. The molecule has 1 aromatic carbocycles. The van der Waals surface area contributed by atoms with Crippen LogP contribution in [0, 0.1) is 18.7 Å². The fourth-order valence-corrected chi connectivity index (χ4v) is 5.98. The summed E-state index contributed by atoms with van der Waals surface area (Å²) in [5.74, 6) is -2.99. The van der Waals surface area contributed by atoms with Crippen molar-refractivity contribution in [2.45, 2.75) is 36.7 Å². The lowest BCUT2D eigenvalue weighted by Crippen LogP contribution is -2.45. The molecule has 0 bridgehead atoms. The summed E-state index contributed by atoms with van der Waals surface area (Å²) in [4.78, 5) is 39.0. The minimum Gasteiger partial charge on any atom is -0.489 e. The quantitative estimate of drug-likeness (QED) is 0.505. The van der Waals surface area contributed by atoms with Crippen molar-refractivity contribution in [2.24, 2.45) is 13.0 Å². The highest BCUT2D eigenvalue weighted by atomic mass is 32.2. The third-order valence-corrected chi connectivity index (χ3v) is 8.09. The number of benzene rings is 1. The van der Waals surface area contributed by atoms with E-state index in [1.54, 1.807) is 6.92 Å². The monoisotopic (exact) mass is 519 g/mol. The van der Waals surface area contributed by atoms with E-state index in [1.165, 1.54) is 40.9 Å². The van der Waals surface area contributed by atoms with Crippen LogP contribution in [-0.4, -0.2) is 67.4 Å². The van der Waals surface area contributed by atoms with Crippen LogP contribution < -0.4 is 20.1 Å². The standard InChI is InChI=1S/C23H26FN5O6S/c1-12-7-15(5-6-16(12)24)26-21(30)19-20-18(10-28(19)2)36(33,34)27-17-9-29(8-13(17)11-35-20)23(32)22(31)25-14-3-4-14/h5-7,10,13-14,17,27H,3-4,8-9,11H2,1-2H3,(H,25,31)(H,26,30)/t13-,17-/m0/s1. The van der Waals surface area contributed by atoms with Crippen molar-refractivity contribution in [3.63, 3.8) is 0 Å². The lowest BCUT2D eigenvalue weighted by Gasteiger charge is -2.23. The second-order valence-electron chi connectivity index (χ2n) is 9.46. The van der Waals surface area contributed by atoms with Gasteiger partial charge in [-0.15, -0.1) is 0 Å². The molecule has 36 heavy (non-hydrogen) atoms. The Hall–Kier alpha value is -3.45. The molecule has 2 atom stereocenters. The molecule has 1 saturated heterocycles. The fraction of sp³-hybridized carbons (Fsp3) is 0.435. The molecule has 0 unspecified atom stereocenters. The lowest BCUT2D eigenvalue weighted by atomic mass is 10.1. The summed E-state index contributed by atoms with van der Waals surface area (Å²) in [7, 11) is -2.60. The van der Waals surface area contributed by atoms with E-state index in [2.05, 4.69) is 15.4 Å². The predicted molar refractivity (Wildman–Crippen MR) is 125 cm³/mol. The van der Waals surface area contributed by atoms with Gasteiger partial charge in [0.15, 0.2) is 11.4 Å². The molecular formula is C23H26FN5O6S. The van der Waals surface area contributed by atoms with Gasteiger partial charge in [-0.1, -0.05) is 0 Å². The van der Waals surface area contributed by atoms with E-state index < -0.39 is 45.5 Å². The first-order chi connectivity index (χ1) is 17.0. The summed E-state index contributed by atoms with van der Waals surface area (Å²) in [5, 5.41) is 5.30. The first-order valence-corrected chi connectivity index (χ1v) is 13.0. The van der Waals surface area contributed by atoms with Crippen molar-refractivity contribution < 1.29 is 31.9 Å². The highest BCUT2D eigenvalue weighted by molar-refractivity contribution is 7.89. The number of anilines is 1. The number of fused-ring (bicyclic) bond motifs is 2. The van der Waals surface area contributed by atoms with Crippen molar-refractivity contribution in [1.82, 2.24) is 19.5 Å². The van der Waals surface area contributed by atoms with Crippen molar-refractivity contribution in [3.8, 4) is 5.75 Å². The SMILES string of the molecule is Cc1cc(NC(=O)c2c3c(cn2C)S(=O)(=O)N[C@H]2CN(C(=O)C(=O)NC4CC4)C[C@H]2CO3)ccc1F. The van der Waals surface area contributed by atoms with E-state index in [9.17, 15) is 27.2 Å². The van der Waals surface area contributed by atoms with Crippen LogP contribution >= 0.6 is 0 Å². The molecule has 1 saturated carbocycles. The van der Waals surface area contributed by atoms with Crippen molar-refractivity contribution in [1.29, 1.82) is 0 Å². The third-order valence-electron chi connectivity index (χ3n) is 6.61. The van der Waals surface area contributed by atoms with Crippen LogP contribution in [-0.2, 0) is 26.7 Å². The smallest absolute Gasteiger partial charge is 0.311 e. The average molecular weight is 520 g/mol. The van der Waals surface area contributed by atoms with E-state index >= 15 is 0 Å². The molecule has 3 aliphatic rings. The van der Waals surface area contributed by atoms with Crippen LogP contribution in [0.2, 0.25) is 0 Å². The number of amides is 3. The molecule has 3 amide bonds. The van der Waals surface area contributed by atoms with E-state index in [-0.39, 0.29) is 42.1 Å². The Morgan fingerprint density at radius 3 is 2.64 bits per heavy atom. The number of aryl methyl sites for hydroxylation is 2. The number of aromatic nitrogens is 1. The Labute approximate surface area is 207 Å². The molecule has 192 valence electrons. The second kappa shape index (κ2) is 8.89. The summed E-state index contributed by atoms with van der Waals surface area (Å²) in [5.41, 5.74) is 0.663. The summed E-state index contributed by atoms with van der Waals surface area (Å²) in [6, 6.07) is 3.47. The average Bonchev–Trinajstić information content (AvgIpc) is 3.44. The number of nitrogens with zero attached hydrogens (tertiary/aromatic N) is 2. The molecular weight excluding hydrogens is 493 g/mol. The van der Waals surface area contributed by atoms with Gasteiger partial charge in [-0.25, -0.2) is 17.5 Å². The van der Waals surface area contributed by atoms with Gasteiger partial charge in [0.05, 0.1) is 6.61 Å². The van der Waals surface area contributed by atoms with Gasteiger partial charge in [-0.2, -0.15) is 0 Å². The number of carbonyl (C=O) groups is 3.